The van der Waals surface area contributed by atoms with E-state index in [0.29, 0.717) is 12.4 Å². The molecule has 0 aliphatic carbocycles. The first-order valence-corrected chi connectivity index (χ1v) is 4.26. The standard InChI is InChI=1S/C10H10O4/c1-6-2-3-7(10(11)12)9-8(6)4-13-5-14-9/h2-3H,4-5H2,1H3,(H,11,12). The van der Waals surface area contributed by atoms with E-state index in [-0.39, 0.29) is 12.4 Å². The van der Waals surface area contributed by atoms with Crippen molar-refractivity contribution < 1.29 is 19.4 Å². The lowest BCUT2D eigenvalue weighted by Gasteiger charge is -2.20. The van der Waals surface area contributed by atoms with Gasteiger partial charge in [0.05, 0.1) is 6.61 Å². The second-order valence-corrected chi connectivity index (χ2v) is 3.15. The van der Waals surface area contributed by atoms with E-state index < -0.39 is 5.97 Å². The van der Waals surface area contributed by atoms with Gasteiger partial charge in [0, 0.05) is 5.56 Å². The number of aryl methyl sites for hydroxylation is 1. The van der Waals surface area contributed by atoms with Crippen molar-refractivity contribution in [2.45, 2.75) is 13.5 Å². The van der Waals surface area contributed by atoms with E-state index in [1.54, 1.807) is 12.1 Å². The molecule has 74 valence electrons. The van der Waals surface area contributed by atoms with E-state index in [0.717, 1.165) is 11.1 Å². The van der Waals surface area contributed by atoms with Gasteiger partial charge in [0.25, 0.3) is 0 Å². The van der Waals surface area contributed by atoms with Gasteiger partial charge in [-0.2, -0.15) is 0 Å². The molecule has 0 aromatic heterocycles. The minimum Gasteiger partial charge on any atom is -0.478 e. The molecule has 0 fully saturated rings. The van der Waals surface area contributed by atoms with E-state index in [2.05, 4.69) is 0 Å². The average molecular weight is 194 g/mol. The van der Waals surface area contributed by atoms with Crippen molar-refractivity contribution in [2.75, 3.05) is 6.79 Å². The third-order valence-corrected chi connectivity index (χ3v) is 2.26. The maximum Gasteiger partial charge on any atom is 0.339 e. The Labute approximate surface area is 81.1 Å². The Morgan fingerprint density at radius 1 is 1.50 bits per heavy atom. The number of benzene rings is 1. The molecule has 4 heteroatoms. The summed E-state index contributed by atoms with van der Waals surface area (Å²) < 4.78 is 10.3. The number of carbonyl (C=O) groups is 1. The average Bonchev–Trinajstić information content (AvgIpc) is 2.18. The van der Waals surface area contributed by atoms with Gasteiger partial charge in [-0.15, -0.1) is 0 Å². The van der Waals surface area contributed by atoms with E-state index in [1.165, 1.54) is 0 Å². The van der Waals surface area contributed by atoms with Crippen molar-refractivity contribution in [3.05, 3.63) is 28.8 Å². The van der Waals surface area contributed by atoms with Crippen LogP contribution < -0.4 is 4.74 Å². The largest absolute Gasteiger partial charge is 0.478 e. The third kappa shape index (κ3) is 1.33. The molecular weight excluding hydrogens is 184 g/mol. The predicted molar refractivity (Wildman–Crippen MR) is 48.4 cm³/mol. The summed E-state index contributed by atoms with van der Waals surface area (Å²) in [6.07, 6.45) is 0. The summed E-state index contributed by atoms with van der Waals surface area (Å²) in [6, 6.07) is 3.32. The number of carboxylic acid groups (broad SMARTS) is 1. The van der Waals surface area contributed by atoms with Gasteiger partial charge in [-0.3, -0.25) is 0 Å². The van der Waals surface area contributed by atoms with Crippen LogP contribution in [0.15, 0.2) is 12.1 Å². The first-order chi connectivity index (χ1) is 6.70. The zero-order chi connectivity index (χ0) is 10.1. The summed E-state index contributed by atoms with van der Waals surface area (Å²) in [6.45, 7) is 2.45. The van der Waals surface area contributed by atoms with Crippen LogP contribution in [-0.4, -0.2) is 17.9 Å². The highest BCUT2D eigenvalue weighted by Crippen LogP contribution is 2.30. The summed E-state index contributed by atoms with van der Waals surface area (Å²) in [7, 11) is 0. The maximum atomic E-state index is 10.9. The Balaban J connectivity index is 2.59. The van der Waals surface area contributed by atoms with E-state index >= 15 is 0 Å². The molecule has 1 N–H and O–H groups in total. The van der Waals surface area contributed by atoms with Crippen molar-refractivity contribution in [3.8, 4) is 5.75 Å². The number of hydrogen-bond donors (Lipinski definition) is 1. The second kappa shape index (κ2) is 3.31. The van der Waals surface area contributed by atoms with E-state index in [9.17, 15) is 4.79 Å². The smallest absolute Gasteiger partial charge is 0.339 e. The molecule has 0 unspecified atom stereocenters. The Bertz CT molecular complexity index is 384. The number of carboxylic acids is 1. The van der Waals surface area contributed by atoms with Crippen LogP contribution in [-0.2, 0) is 11.3 Å². The molecule has 2 rings (SSSR count). The molecule has 0 radical (unpaired) electrons. The molecule has 14 heavy (non-hydrogen) atoms. The van der Waals surface area contributed by atoms with Gasteiger partial charge in [-0.05, 0) is 18.6 Å². The lowest BCUT2D eigenvalue weighted by atomic mass is 10.0. The summed E-state index contributed by atoms with van der Waals surface area (Å²) in [5, 5.41) is 8.91. The van der Waals surface area contributed by atoms with Crippen molar-refractivity contribution in [3.63, 3.8) is 0 Å². The number of rotatable bonds is 1. The van der Waals surface area contributed by atoms with Crippen LogP contribution in [0.1, 0.15) is 21.5 Å². The highest BCUT2D eigenvalue weighted by Gasteiger charge is 2.20. The SMILES string of the molecule is Cc1ccc(C(=O)O)c2c1COCO2. The summed E-state index contributed by atoms with van der Waals surface area (Å²) >= 11 is 0. The molecule has 4 nitrogen and oxygen atoms in total. The summed E-state index contributed by atoms with van der Waals surface area (Å²) in [4.78, 5) is 10.9. The minimum atomic E-state index is -0.969. The molecule has 1 aromatic carbocycles. The lowest BCUT2D eigenvalue weighted by molar-refractivity contribution is -0.0174. The predicted octanol–water partition coefficient (Wildman–Crippen LogP) is 1.56. The van der Waals surface area contributed by atoms with Crippen LogP contribution in [0.25, 0.3) is 0 Å². The first kappa shape index (κ1) is 9.02. The quantitative estimate of drug-likeness (QED) is 0.737. The van der Waals surface area contributed by atoms with Crippen molar-refractivity contribution in [2.24, 2.45) is 0 Å². The molecule has 0 atom stereocenters. The summed E-state index contributed by atoms with van der Waals surface area (Å²) in [5.74, 6) is -0.521. The number of hydrogen-bond acceptors (Lipinski definition) is 3. The highest BCUT2D eigenvalue weighted by molar-refractivity contribution is 5.91. The van der Waals surface area contributed by atoms with Gasteiger partial charge in [-0.25, -0.2) is 4.79 Å². The summed E-state index contributed by atoms with van der Waals surface area (Å²) in [5.41, 5.74) is 2.02. The Morgan fingerprint density at radius 2 is 2.29 bits per heavy atom. The fourth-order valence-corrected chi connectivity index (χ4v) is 1.48. The van der Waals surface area contributed by atoms with E-state index in [1.807, 2.05) is 6.92 Å². The van der Waals surface area contributed by atoms with Crippen molar-refractivity contribution in [1.29, 1.82) is 0 Å². The molecule has 1 aromatic rings. The maximum absolute atomic E-state index is 10.9. The molecule has 1 heterocycles. The van der Waals surface area contributed by atoms with Crippen molar-refractivity contribution >= 4 is 5.97 Å². The molecular formula is C10H10O4. The van der Waals surface area contributed by atoms with Gasteiger partial charge in [0.1, 0.15) is 11.3 Å². The normalized spacial score (nSPS) is 14.4. The third-order valence-electron chi connectivity index (χ3n) is 2.26. The number of ether oxygens (including phenoxy) is 2. The van der Waals surface area contributed by atoms with Gasteiger partial charge in [0.15, 0.2) is 6.79 Å². The van der Waals surface area contributed by atoms with Crippen LogP contribution >= 0.6 is 0 Å². The molecule has 0 amide bonds. The fraction of sp³-hybridized carbons (Fsp3) is 0.300. The topological polar surface area (TPSA) is 55.8 Å². The molecule has 1 aliphatic heterocycles. The molecule has 0 spiro atoms. The number of fused-ring (bicyclic) bond motifs is 1. The lowest BCUT2D eigenvalue weighted by Crippen LogP contribution is -2.15. The Kier molecular flexibility index (Phi) is 2.13. The van der Waals surface area contributed by atoms with Gasteiger partial charge < -0.3 is 14.6 Å². The highest BCUT2D eigenvalue weighted by atomic mass is 16.7. The van der Waals surface area contributed by atoms with Gasteiger partial charge >= 0.3 is 5.97 Å². The number of aromatic carboxylic acids is 1. The van der Waals surface area contributed by atoms with Gasteiger partial charge in [-0.1, -0.05) is 6.07 Å². The molecule has 1 aliphatic rings. The molecule has 0 saturated heterocycles. The minimum absolute atomic E-state index is 0.122. The van der Waals surface area contributed by atoms with E-state index in [4.69, 9.17) is 14.6 Å². The van der Waals surface area contributed by atoms with Crippen molar-refractivity contribution in [1.82, 2.24) is 0 Å². The zero-order valence-corrected chi connectivity index (χ0v) is 7.74. The fourth-order valence-electron chi connectivity index (χ4n) is 1.48. The van der Waals surface area contributed by atoms with Crippen LogP contribution in [0.2, 0.25) is 0 Å². The van der Waals surface area contributed by atoms with Crippen LogP contribution in [0.3, 0.4) is 0 Å². The Hall–Kier alpha value is -1.55. The van der Waals surface area contributed by atoms with Crippen LogP contribution in [0.4, 0.5) is 0 Å². The molecule has 0 bridgehead atoms. The molecule has 0 saturated carbocycles. The first-order valence-electron chi connectivity index (χ1n) is 4.26. The Morgan fingerprint density at radius 3 is 3.00 bits per heavy atom. The van der Waals surface area contributed by atoms with Crippen LogP contribution in [0.5, 0.6) is 5.75 Å². The van der Waals surface area contributed by atoms with Crippen LogP contribution in [0, 0.1) is 6.92 Å². The van der Waals surface area contributed by atoms with Gasteiger partial charge in [0.2, 0.25) is 0 Å². The second-order valence-electron chi connectivity index (χ2n) is 3.15. The zero-order valence-electron chi connectivity index (χ0n) is 7.74. The monoisotopic (exact) mass is 194 g/mol.